The van der Waals surface area contributed by atoms with Gasteiger partial charge in [-0.2, -0.15) is 30.4 Å². The maximum absolute atomic E-state index is 12.2. The molecule has 1 N–H and O–H groups in total. The molecule has 12 amide bonds. The minimum atomic E-state index is -0.295. The van der Waals surface area contributed by atoms with Gasteiger partial charge in [-0.1, -0.05) is 57.1 Å². The van der Waals surface area contributed by atoms with Gasteiger partial charge in [-0.25, -0.2) is 0 Å². The number of amides is 12. The van der Waals surface area contributed by atoms with Gasteiger partial charge < -0.3 is 9.84 Å². The number of nitrogens with zero attached hydrogens (tertiary/aromatic N) is 6. The minimum Gasteiger partial charge on any atom is -0.396 e. The number of carbonyl (C=O) groups is 12. The Hall–Kier alpha value is -5.74. The van der Waals surface area contributed by atoms with Crippen LogP contribution < -0.4 is 0 Å². The summed E-state index contributed by atoms with van der Waals surface area (Å²) in [7, 11) is 9.77. The Kier molecular flexibility index (Phi) is 23.9. The Morgan fingerprint density at radius 2 is 0.682 bits per heavy atom. The highest BCUT2D eigenvalue weighted by Crippen LogP contribution is 2.51. The molecule has 0 spiro atoms. The van der Waals surface area contributed by atoms with Crippen LogP contribution in [0.2, 0.25) is 0 Å². The van der Waals surface area contributed by atoms with Crippen LogP contribution in [-0.4, -0.2) is 169 Å². The van der Waals surface area contributed by atoms with Crippen LogP contribution in [0.25, 0.3) is 0 Å². The summed E-state index contributed by atoms with van der Waals surface area (Å²) in [6.45, 7) is 0.0259. The molecule has 7 aliphatic carbocycles. The topological polar surface area (TPSA) is 309 Å². The van der Waals surface area contributed by atoms with Crippen LogP contribution in [0.15, 0.2) is 12.2 Å². The minimum absolute atomic E-state index is 0.0000463. The fourth-order valence-electron chi connectivity index (χ4n) is 16.3. The highest BCUT2D eigenvalue weighted by atomic mass is 16.7. The predicted molar refractivity (Wildman–Crippen MR) is 303 cm³/mol. The zero-order valence-electron chi connectivity index (χ0n) is 52.0. The molecule has 13 aliphatic rings. The first-order chi connectivity index (χ1) is 42.3. The SMILES string of the molecule is COC1CC2C(=O)N(OC)C(=O)CC2CC1CO.CON1C(=O)C2CCCC3CCCC(C1=O)C32.CON1C(=O)CC2CC=CCC2C1=O.CON1C(=O)CC2CCC2C1=O.CON1C(=O)CC2CCCC2C1=O.CON1C(=O)CC2CCCCC2C1=O. The van der Waals surface area contributed by atoms with Gasteiger partial charge in [0.05, 0.1) is 48.8 Å². The maximum Gasteiger partial charge on any atom is 0.257 e. The number of rotatable bonds is 8. The summed E-state index contributed by atoms with van der Waals surface area (Å²) in [6, 6.07) is 0. The summed E-state index contributed by atoms with van der Waals surface area (Å²) in [4.78, 5) is 169. The zero-order chi connectivity index (χ0) is 63.7. The standard InChI is InChI=1S/C13H19NO3.C12H19NO5.C10H15NO3.C10H13NO3.C9H13NO3.C8H11NO3/c1-17-14-12(15)9-6-2-4-8-5-3-7-10(11(8)9)13(14)16;1-17-10-5-9-7(3-8(10)6-14)4-11(15)13(18-2)12(9)16;2*1-14-11-9(12)6-7-4-2-3-5-8(7)10(11)13;1-13-10-8(11)5-6-3-2-4-7(6)9(10)12;1-12-9-7(10)4-5-2-3-6(5)8(9)11/h8-11H,2-7H2,1H3;7-10,14H,3-6H2,1-2H3;7-8H,2-6H2,1H3;2-3,7-8H,4-6H2,1H3;6-7H,2-5H2,1H3;5-6H,2-4H2,1H3. The van der Waals surface area contributed by atoms with Gasteiger partial charge in [0.15, 0.2) is 0 Å². The van der Waals surface area contributed by atoms with Crippen molar-refractivity contribution in [2.24, 2.45) is 88.8 Å². The van der Waals surface area contributed by atoms with Crippen LogP contribution in [0.3, 0.4) is 0 Å². The van der Waals surface area contributed by atoms with Crippen LogP contribution >= 0.6 is 0 Å². The average molecular weight is 1240 g/mol. The van der Waals surface area contributed by atoms with Crippen molar-refractivity contribution in [3.63, 3.8) is 0 Å². The largest absolute Gasteiger partial charge is 0.396 e. The second-order valence-corrected chi connectivity index (χ2v) is 25.4. The van der Waals surface area contributed by atoms with E-state index >= 15 is 0 Å². The Morgan fingerprint density at radius 3 is 1.11 bits per heavy atom. The number of piperidine rings is 6. The number of fused-ring (bicyclic) bond motifs is 5. The van der Waals surface area contributed by atoms with E-state index in [4.69, 9.17) is 33.8 Å². The summed E-state index contributed by atoms with van der Waals surface area (Å²) < 4.78 is 5.33. The monoisotopic (exact) mass is 1240 g/mol. The number of carbonyl (C=O) groups excluding carboxylic acids is 12. The number of hydrogen-bond donors (Lipinski definition) is 1. The number of methoxy groups -OCH3 is 1. The third-order valence-electron chi connectivity index (χ3n) is 21.0. The van der Waals surface area contributed by atoms with Gasteiger partial charge >= 0.3 is 0 Å². The summed E-state index contributed by atoms with van der Waals surface area (Å²) in [6.07, 6.45) is 24.4. The maximum atomic E-state index is 12.2. The first-order valence-electron chi connectivity index (χ1n) is 31.6. The molecule has 26 heteroatoms. The highest BCUT2D eigenvalue weighted by molar-refractivity contribution is 6.01. The van der Waals surface area contributed by atoms with Gasteiger partial charge in [0.25, 0.3) is 70.9 Å². The molecule has 0 aromatic carbocycles. The Morgan fingerprint density at radius 1 is 0.341 bits per heavy atom. The molecule has 14 unspecified atom stereocenters. The molecule has 0 radical (unpaired) electrons. The Bertz CT molecular complexity index is 2620. The molecule has 14 atom stereocenters. The van der Waals surface area contributed by atoms with E-state index in [-0.39, 0.29) is 155 Å². The molecule has 88 heavy (non-hydrogen) atoms. The molecule has 12 fully saturated rings. The highest BCUT2D eigenvalue weighted by Gasteiger charge is 2.55. The third-order valence-corrected chi connectivity index (χ3v) is 21.0. The van der Waals surface area contributed by atoms with Crippen LogP contribution in [0.5, 0.6) is 0 Å². The van der Waals surface area contributed by atoms with Crippen molar-refractivity contribution in [3.05, 3.63) is 12.2 Å². The van der Waals surface area contributed by atoms with Crippen molar-refractivity contribution in [3.8, 4) is 0 Å². The Labute approximate surface area is 513 Å². The number of aliphatic hydroxyl groups excluding tert-OH is 1. The average Bonchev–Trinajstić information content (AvgIpc) is 1.09. The van der Waals surface area contributed by atoms with Crippen molar-refractivity contribution >= 4 is 70.9 Å². The fourth-order valence-corrected chi connectivity index (χ4v) is 16.3. The van der Waals surface area contributed by atoms with E-state index in [1.54, 1.807) is 7.11 Å². The molecule has 26 nitrogen and oxygen atoms in total. The number of hydrogen-bond acceptors (Lipinski definition) is 20. The molecule has 6 saturated carbocycles. The number of hydroxylamine groups is 12. The summed E-state index contributed by atoms with van der Waals surface area (Å²) >= 11 is 0. The molecule has 6 aliphatic heterocycles. The lowest BCUT2D eigenvalue weighted by Gasteiger charge is -2.49. The molecule has 13 rings (SSSR count). The van der Waals surface area contributed by atoms with Gasteiger partial charge in [-0.05, 0) is 118 Å². The summed E-state index contributed by atoms with van der Waals surface area (Å²) in [5, 5.41) is 14.9. The van der Waals surface area contributed by atoms with Crippen molar-refractivity contribution in [1.82, 2.24) is 30.4 Å². The summed E-state index contributed by atoms with van der Waals surface area (Å²) in [5.41, 5.74) is 0. The number of imide groups is 6. The van der Waals surface area contributed by atoms with Crippen LogP contribution in [0, 0.1) is 88.8 Å². The smallest absolute Gasteiger partial charge is 0.257 e. The van der Waals surface area contributed by atoms with E-state index in [1.807, 2.05) is 12.2 Å². The van der Waals surface area contributed by atoms with E-state index in [2.05, 4.69) is 0 Å². The van der Waals surface area contributed by atoms with Crippen molar-refractivity contribution in [2.75, 3.05) is 56.4 Å². The van der Waals surface area contributed by atoms with E-state index in [9.17, 15) is 62.6 Å². The first kappa shape index (κ1) is 68.2. The van der Waals surface area contributed by atoms with Crippen molar-refractivity contribution in [1.29, 1.82) is 0 Å². The molecule has 0 bridgehead atoms. The van der Waals surface area contributed by atoms with Gasteiger partial charge in [0.2, 0.25) is 0 Å². The van der Waals surface area contributed by atoms with E-state index in [1.165, 1.54) is 55.5 Å². The predicted octanol–water partition coefficient (Wildman–Crippen LogP) is 4.76. The number of aliphatic hydroxyl groups is 1. The molecular formula is C62H90N6O20. The van der Waals surface area contributed by atoms with Crippen LogP contribution in [-0.2, 0) is 91.3 Å². The van der Waals surface area contributed by atoms with E-state index < -0.39 is 0 Å². The quantitative estimate of drug-likeness (QED) is 0.253. The van der Waals surface area contributed by atoms with Gasteiger partial charge in [-0.15, -0.1) is 0 Å². The van der Waals surface area contributed by atoms with Crippen molar-refractivity contribution < 1.29 is 96.4 Å². The Balaban J connectivity index is 0.000000137. The fraction of sp³-hybridized carbons (Fsp3) is 0.774. The summed E-state index contributed by atoms with van der Waals surface area (Å²) in [5.74, 6) is -0.266. The lowest BCUT2D eigenvalue weighted by molar-refractivity contribution is -0.210. The third kappa shape index (κ3) is 14.4. The van der Waals surface area contributed by atoms with E-state index in [0.717, 1.165) is 127 Å². The second-order valence-electron chi connectivity index (χ2n) is 25.4. The number of allylic oxidation sites excluding steroid dienone is 2. The van der Waals surface area contributed by atoms with Crippen LogP contribution in [0.4, 0.5) is 0 Å². The second kappa shape index (κ2) is 30.8. The molecule has 6 saturated heterocycles. The first-order valence-corrected chi connectivity index (χ1v) is 31.6. The molecular weight excluding hydrogens is 1150 g/mol. The van der Waals surface area contributed by atoms with Crippen LogP contribution in [0.1, 0.15) is 154 Å². The number of ether oxygens (including phenoxy) is 1. The molecule has 6 heterocycles. The van der Waals surface area contributed by atoms with Gasteiger partial charge in [0.1, 0.15) is 0 Å². The van der Waals surface area contributed by atoms with E-state index in [0.29, 0.717) is 62.7 Å². The zero-order valence-corrected chi connectivity index (χ0v) is 52.0. The van der Waals surface area contributed by atoms with Gasteiger partial charge in [0, 0.05) is 93.2 Å². The molecule has 0 aromatic rings. The van der Waals surface area contributed by atoms with Gasteiger partial charge in [-0.3, -0.25) is 86.6 Å². The lowest BCUT2D eigenvalue weighted by atomic mass is 9.59. The lowest BCUT2D eigenvalue weighted by Crippen LogP contribution is -2.57. The van der Waals surface area contributed by atoms with Crippen molar-refractivity contribution in [2.45, 2.75) is 160 Å². The molecule has 0 aromatic heterocycles. The molecule has 488 valence electrons. The normalized spacial score (nSPS) is 35.5.